The zero-order valence-electron chi connectivity index (χ0n) is 14.5. The fraction of sp³-hybridized carbons (Fsp3) is 0.200. The van der Waals surface area contributed by atoms with Crippen molar-refractivity contribution in [1.82, 2.24) is 9.88 Å². The number of primary amides is 1. The van der Waals surface area contributed by atoms with Gasteiger partial charge in [0.25, 0.3) is 5.91 Å². The van der Waals surface area contributed by atoms with E-state index >= 15 is 0 Å². The first kappa shape index (κ1) is 18.2. The minimum atomic E-state index is -0.744. The van der Waals surface area contributed by atoms with Crippen molar-refractivity contribution in [2.24, 2.45) is 5.73 Å². The Labute approximate surface area is 156 Å². The lowest BCUT2D eigenvalue weighted by Crippen LogP contribution is -2.24. The molecule has 0 saturated carbocycles. The minimum Gasteiger partial charge on any atom is -0.365 e. The van der Waals surface area contributed by atoms with Gasteiger partial charge in [-0.1, -0.05) is 42.8 Å². The van der Waals surface area contributed by atoms with Gasteiger partial charge < -0.3 is 15.6 Å². The lowest BCUT2D eigenvalue weighted by atomic mass is 10.1. The lowest BCUT2D eigenvalue weighted by Gasteiger charge is -2.14. The number of halogens is 1. The van der Waals surface area contributed by atoms with E-state index in [4.69, 9.17) is 17.3 Å². The molecule has 0 spiro atoms. The molecule has 0 aliphatic carbocycles. The number of nitrogens with zero attached hydrogens (tertiary/aromatic N) is 1. The Morgan fingerprint density at radius 2 is 1.96 bits per heavy atom. The standard InChI is InChI=1S/C20H20ClN3O2/c1-2-23-10-13-4-3-5-14(8-13)11-24-12-17(20(22)26)19(25)16-9-15(21)6-7-18(16)24/h3-9,12,23H,2,10-11H2,1H3,(H2,22,26). The van der Waals surface area contributed by atoms with Crippen LogP contribution in [-0.2, 0) is 13.1 Å². The average molecular weight is 370 g/mol. The first-order valence-electron chi connectivity index (χ1n) is 8.40. The molecule has 1 heterocycles. The fourth-order valence-corrected chi connectivity index (χ4v) is 3.15. The van der Waals surface area contributed by atoms with Gasteiger partial charge in [-0.05, 0) is 35.9 Å². The molecule has 5 nitrogen and oxygen atoms in total. The van der Waals surface area contributed by atoms with Gasteiger partial charge in [-0.15, -0.1) is 0 Å². The number of rotatable bonds is 6. The molecule has 0 radical (unpaired) electrons. The van der Waals surface area contributed by atoms with Gasteiger partial charge in [0.05, 0.1) is 5.52 Å². The molecule has 3 rings (SSSR count). The smallest absolute Gasteiger partial charge is 0.254 e. The van der Waals surface area contributed by atoms with Crippen LogP contribution in [0.1, 0.15) is 28.4 Å². The van der Waals surface area contributed by atoms with E-state index in [1.807, 2.05) is 16.7 Å². The van der Waals surface area contributed by atoms with Crippen LogP contribution >= 0.6 is 11.6 Å². The van der Waals surface area contributed by atoms with Gasteiger partial charge >= 0.3 is 0 Å². The number of hydrogen-bond donors (Lipinski definition) is 2. The molecular formula is C20H20ClN3O2. The molecule has 0 aliphatic heterocycles. The number of fused-ring (bicyclic) bond motifs is 1. The van der Waals surface area contributed by atoms with E-state index in [9.17, 15) is 9.59 Å². The van der Waals surface area contributed by atoms with Crippen LogP contribution in [0.4, 0.5) is 0 Å². The van der Waals surface area contributed by atoms with Crippen molar-refractivity contribution >= 4 is 28.4 Å². The molecule has 1 aromatic heterocycles. The van der Waals surface area contributed by atoms with Gasteiger partial charge in [-0.25, -0.2) is 0 Å². The van der Waals surface area contributed by atoms with Crippen LogP contribution in [0.2, 0.25) is 5.02 Å². The minimum absolute atomic E-state index is 0.0384. The second-order valence-electron chi connectivity index (χ2n) is 6.13. The number of hydrogen-bond acceptors (Lipinski definition) is 3. The predicted molar refractivity (Wildman–Crippen MR) is 105 cm³/mol. The van der Waals surface area contributed by atoms with Gasteiger partial charge in [-0.3, -0.25) is 9.59 Å². The summed E-state index contributed by atoms with van der Waals surface area (Å²) in [5, 5.41) is 4.13. The molecular weight excluding hydrogens is 350 g/mol. The van der Waals surface area contributed by atoms with Crippen LogP contribution in [0.15, 0.2) is 53.5 Å². The van der Waals surface area contributed by atoms with Crippen molar-refractivity contribution in [3.05, 3.63) is 80.6 Å². The molecule has 3 aromatic rings. The Hall–Kier alpha value is -2.63. The molecule has 0 atom stereocenters. The first-order chi connectivity index (χ1) is 12.5. The van der Waals surface area contributed by atoms with E-state index in [-0.39, 0.29) is 5.56 Å². The van der Waals surface area contributed by atoms with Crippen LogP contribution in [-0.4, -0.2) is 17.0 Å². The van der Waals surface area contributed by atoms with Gasteiger partial charge in [-0.2, -0.15) is 0 Å². The Bertz CT molecular complexity index is 1030. The summed E-state index contributed by atoms with van der Waals surface area (Å²) in [5.41, 5.74) is 7.91. The molecule has 6 heteroatoms. The third-order valence-electron chi connectivity index (χ3n) is 4.23. The molecule has 2 aromatic carbocycles. The topological polar surface area (TPSA) is 77.1 Å². The largest absolute Gasteiger partial charge is 0.365 e. The highest BCUT2D eigenvalue weighted by Gasteiger charge is 2.14. The number of nitrogens with one attached hydrogen (secondary N) is 1. The number of aromatic nitrogens is 1. The molecule has 0 fully saturated rings. The van der Waals surface area contributed by atoms with E-state index in [2.05, 4.69) is 24.4 Å². The lowest BCUT2D eigenvalue weighted by molar-refractivity contribution is 0.0999. The van der Waals surface area contributed by atoms with Gasteiger partial charge in [0, 0.05) is 29.7 Å². The van der Waals surface area contributed by atoms with Crippen molar-refractivity contribution in [1.29, 1.82) is 0 Å². The van der Waals surface area contributed by atoms with E-state index in [0.29, 0.717) is 22.5 Å². The highest BCUT2D eigenvalue weighted by molar-refractivity contribution is 6.31. The van der Waals surface area contributed by atoms with E-state index in [1.165, 1.54) is 11.8 Å². The van der Waals surface area contributed by atoms with Crippen LogP contribution in [0.25, 0.3) is 10.9 Å². The van der Waals surface area contributed by atoms with Crippen molar-refractivity contribution in [2.45, 2.75) is 20.0 Å². The Morgan fingerprint density at radius 3 is 2.69 bits per heavy atom. The summed E-state index contributed by atoms with van der Waals surface area (Å²) in [6.45, 7) is 4.26. The quantitative estimate of drug-likeness (QED) is 0.701. The molecule has 0 aliphatic rings. The number of amides is 1. The van der Waals surface area contributed by atoms with E-state index in [0.717, 1.165) is 18.7 Å². The van der Waals surface area contributed by atoms with Crippen LogP contribution in [0, 0.1) is 0 Å². The Morgan fingerprint density at radius 1 is 1.19 bits per heavy atom. The summed E-state index contributed by atoms with van der Waals surface area (Å²) in [6, 6.07) is 13.3. The highest BCUT2D eigenvalue weighted by Crippen LogP contribution is 2.19. The van der Waals surface area contributed by atoms with Crippen LogP contribution in [0.5, 0.6) is 0 Å². The number of carbonyl (C=O) groups is 1. The van der Waals surface area contributed by atoms with Gasteiger partial charge in [0.2, 0.25) is 5.43 Å². The monoisotopic (exact) mass is 369 g/mol. The second kappa shape index (κ2) is 7.72. The van der Waals surface area contributed by atoms with Gasteiger partial charge in [0.1, 0.15) is 5.56 Å². The highest BCUT2D eigenvalue weighted by atomic mass is 35.5. The fourth-order valence-electron chi connectivity index (χ4n) is 2.98. The summed E-state index contributed by atoms with van der Waals surface area (Å²) in [6.07, 6.45) is 1.53. The Balaban J connectivity index is 2.09. The zero-order valence-corrected chi connectivity index (χ0v) is 15.2. The third kappa shape index (κ3) is 3.79. The number of nitrogens with two attached hydrogens (primary N) is 1. The normalized spacial score (nSPS) is 11.0. The third-order valence-corrected chi connectivity index (χ3v) is 4.47. The molecule has 1 amide bonds. The summed E-state index contributed by atoms with van der Waals surface area (Å²) in [4.78, 5) is 24.2. The maximum absolute atomic E-state index is 12.5. The number of pyridine rings is 1. The average Bonchev–Trinajstić information content (AvgIpc) is 2.62. The van der Waals surface area contributed by atoms with Crippen molar-refractivity contribution in [3.8, 4) is 0 Å². The summed E-state index contributed by atoms with van der Waals surface area (Å²) in [5.74, 6) is -0.744. The number of carbonyl (C=O) groups excluding carboxylic acids is 1. The summed E-state index contributed by atoms with van der Waals surface area (Å²) >= 11 is 6.03. The van der Waals surface area contributed by atoms with Crippen molar-refractivity contribution < 1.29 is 4.79 Å². The molecule has 0 bridgehead atoms. The maximum Gasteiger partial charge on any atom is 0.254 e. The van der Waals surface area contributed by atoms with Crippen molar-refractivity contribution in [3.63, 3.8) is 0 Å². The van der Waals surface area contributed by atoms with Crippen LogP contribution in [0.3, 0.4) is 0 Å². The molecule has 0 unspecified atom stereocenters. The summed E-state index contributed by atoms with van der Waals surface area (Å²) < 4.78 is 1.86. The van der Waals surface area contributed by atoms with E-state index < -0.39 is 11.3 Å². The molecule has 3 N–H and O–H groups in total. The summed E-state index contributed by atoms with van der Waals surface area (Å²) in [7, 11) is 0. The SMILES string of the molecule is CCNCc1cccc(Cn2cc(C(N)=O)c(=O)c3cc(Cl)ccc32)c1. The molecule has 134 valence electrons. The first-order valence-corrected chi connectivity index (χ1v) is 8.78. The van der Waals surface area contributed by atoms with E-state index in [1.54, 1.807) is 18.2 Å². The molecule has 26 heavy (non-hydrogen) atoms. The van der Waals surface area contributed by atoms with Crippen molar-refractivity contribution in [2.75, 3.05) is 6.54 Å². The Kier molecular flexibility index (Phi) is 5.40. The molecule has 0 saturated heterocycles. The predicted octanol–water partition coefficient (Wildman–Crippen LogP) is 2.91. The maximum atomic E-state index is 12.5. The second-order valence-corrected chi connectivity index (χ2v) is 6.56. The zero-order chi connectivity index (χ0) is 18.7. The number of benzene rings is 2. The van der Waals surface area contributed by atoms with Crippen LogP contribution < -0.4 is 16.5 Å². The van der Waals surface area contributed by atoms with Gasteiger partial charge in [0.15, 0.2) is 0 Å².